The second-order valence-corrected chi connectivity index (χ2v) is 8.35. The highest BCUT2D eigenvalue weighted by atomic mass is 35.5. The minimum Gasteiger partial charge on any atom is -0.339 e. The second kappa shape index (κ2) is 7.91. The van der Waals surface area contributed by atoms with E-state index in [9.17, 15) is 13.2 Å². The van der Waals surface area contributed by atoms with Crippen molar-refractivity contribution < 1.29 is 13.2 Å². The van der Waals surface area contributed by atoms with Crippen molar-refractivity contribution in [2.75, 3.05) is 49.8 Å². The van der Waals surface area contributed by atoms with Gasteiger partial charge in [-0.05, 0) is 18.7 Å². The summed E-state index contributed by atoms with van der Waals surface area (Å²) in [5, 5.41) is 0.361. The Labute approximate surface area is 153 Å². The summed E-state index contributed by atoms with van der Waals surface area (Å²) in [4.78, 5) is 16.5. The number of piperazine rings is 1. The van der Waals surface area contributed by atoms with Crippen molar-refractivity contribution in [1.29, 1.82) is 0 Å². The number of likely N-dealkylation sites (N-methyl/N-ethyl adjacent to an activating group) is 1. The standard InChI is InChI=1S/C15H21Cl2N3O3S/c1-3-18-7-9-19(10-8-18)14(21)11-20(24(2,22)23)13-6-4-5-12(16)15(13)17/h4-6H,3,7-11H2,1-2H3. The summed E-state index contributed by atoms with van der Waals surface area (Å²) in [7, 11) is -3.67. The Balaban J connectivity index is 2.19. The van der Waals surface area contributed by atoms with Gasteiger partial charge in [0.2, 0.25) is 15.9 Å². The molecule has 0 N–H and O–H groups in total. The molecule has 1 aliphatic heterocycles. The first-order chi connectivity index (χ1) is 11.2. The number of sulfonamides is 1. The lowest BCUT2D eigenvalue weighted by atomic mass is 10.3. The molecule has 1 aromatic rings. The van der Waals surface area contributed by atoms with E-state index in [-0.39, 0.29) is 28.2 Å². The summed E-state index contributed by atoms with van der Waals surface area (Å²) >= 11 is 12.1. The first-order valence-electron chi connectivity index (χ1n) is 7.66. The van der Waals surface area contributed by atoms with E-state index in [1.165, 1.54) is 6.07 Å². The fourth-order valence-electron chi connectivity index (χ4n) is 2.60. The highest BCUT2D eigenvalue weighted by molar-refractivity contribution is 7.92. The van der Waals surface area contributed by atoms with Crippen molar-refractivity contribution >= 4 is 44.8 Å². The predicted octanol–water partition coefficient (Wildman–Crippen LogP) is 1.92. The number of hydrogen-bond acceptors (Lipinski definition) is 4. The van der Waals surface area contributed by atoms with Crippen LogP contribution < -0.4 is 4.31 Å². The quantitative estimate of drug-likeness (QED) is 0.766. The zero-order valence-electron chi connectivity index (χ0n) is 13.7. The Bertz CT molecular complexity index is 704. The molecule has 1 fully saturated rings. The van der Waals surface area contributed by atoms with Crippen molar-refractivity contribution in [3.8, 4) is 0 Å². The van der Waals surface area contributed by atoms with Gasteiger partial charge in [0.15, 0.2) is 0 Å². The van der Waals surface area contributed by atoms with E-state index in [0.717, 1.165) is 30.2 Å². The van der Waals surface area contributed by atoms with Gasteiger partial charge in [-0.3, -0.25) is 9.10 Å². The molecule has 1 heterocycles. The first-order valence-corrected chi connectivity index (χ1v) is 10.3. The number of carbonyl (C=O) groups excluding carboxylic acids is 1. The van der Waals surface area contributed by atoms with Crippen molar-refractivity contribution in [1.82, 2.24) is 9.80 Å². The molecule has 134 valence electrons. The maximum absolute atomic E-state index is 12.5. The molecule has 0 radical (unpaired) electrons. The summed E-state index contributed by atoms with van der Waals surface area (Å²) in [5.74, 6) is -0.243. The molecule has 0 unspecified atom stereocenters. The van der Waals surface area contributed by atoms with Crippen molar-refractivity contribution in [3.05, 3.63) is 28.2 Å². The minimum absolute atomic E-state index is 0.119. The van der Waals surface area contributed by atoms with Crippen LogP contribution in [0.1, 0.15) is 6.92 Å². The normalized spacial score (nSPS) is 16.2. The lowest BCUT2D eigenvalue weighted by Crippen LogP contribution is -2.51. The zero-order valence-corrected chi connectivity index (χ0v) is 16.0. The van der Waals surface area contributed by atoms with Crippen LogP contribution >= 0.6 is 23.2 Å². The molecule has 2 rings (SSSR count). The van der Waals surface area contributed by atoms with E-state index in [2.05, 4.69) is 11.8 Å². The van der Waals surface area contributed by atoms with Crippen LogP contribution in [0.3, 0.4) is 0 Å². The fourth-order valence-corrected chi connectivity index (χ4v) is 3.90. The summed E-state index contributed by atoms with van der Waals surface area (Å²) < 4.78 is 25.3. The van der Waals surface area contributed by atoms with Gasteiger partial charge in [0, 0.05) is 26.2 Å². The predicted molar refractivity (Wildman–Crippen MR) is 97.3 cm³/mol. The molecule has 1 aliphatic rings. The van der Waals surface area contributed by atoms with Crippen molar-refractivity contribution in [2.24, 2.45) is 0 Å². The number of halogens is 2. The van der Waals surface area contributed by atoms with Gasteiger partial charge in [-0.25, -0.2) is 8.42 Å². The van der Waals surface area contributed by atoms with Crippen LogP contribution in [0, 0.1) is 0 Å². The molecule has 24 heavy (non-hydrogen) atoms. The number of nitrogens with zero attached hydrogens (tertiary/aromatic N) is 3. The second-order valence-electron chi connectivity index (χ2n) is 5.66. The highest BCUT2D eigenvalue weighted by Crippen LogP contribution is 2.33. The maximum atomic E-state index is 12.5. The number of anilines is 1. The van der Waals surface area contributed by atoms with Gasteiger partial charge in [-0.2, -0.15) is 0 Å². The van der Waals surface area contributed by atoms with Gasteiger partial charge in [0.05, 0.1) is 22.0 Å². The SMILES string of the molecule is CCN1CCN(C(=O)CN(c2cccc(Cl)c2Cl)S(C)(=O)=O)CC1. The summed E-state index contributed by atoms with van der Waals surface area (Å²) in [6, 6.07) is 4.71. The maximum Gasteiger partial charge on any atom is 0.243 e. The van der Waals surface area contributed by atoms with Crippen LogP contribution in [0.2, 0.25) is 10.0 Å². The lowest BCUT2D eigenvalue weighted by molar-refractivity contribution is -0.131. The average molecular weight is 394 g/mol. The molecule has 0 saturated carbocycles. The topological polar surface area (TPSA) is 60.9 Å². The van der Waals surface area contributed by atoms with E-state index < -0.39 is 10.0 Å². The van der Waals surface area contributed by atoms with Gasteiger partial charge >= 0.3 is 0 Å². The minimum atomic E-state index is -3.67. The third kappa shape index (κ3) is 4.53. The van der Waals surface area contributed by atoms with Crippen LogP contribution in [-0.4, -0.2) is 69.6 Å². The summed E-state index contributed by atoms with van der Waals surface area (Å²) in [5.41, 5.74) is 0.215. The number of hydrogen-bond donors (Lipinski definition) is 0. The third-order valence-corrected chi connectivity index (χ3v) is 5.99. The van der Waals surface area contributed by atoms with Gasteiger partial charge in [-0.1, -0.05) is 36.2 Å². The van der Waals surface area contributed by atoms with E-state index in [1.807, 2.05) is 0 Å². The highest BCUT2D eigenvalue weighted by Gasteiger charge is 2.27. The Kier molecular flexibility index (Phi) is 6.36. The van der Waals surface area contributed by atoms with Crippen LogP contribution in [0.4, 0.5) is 5.69 Å². The van der Waals surface area contributed by atoms with Crippen LogP contribution in [0.5, 0.6) is 0 Å². The number of amides is 1. The first kappa shape index (κ1) is 19.3. The molecule has 0 spiro atoms. The number of rotatable bonds is 5. The van der Waals surface area contributed by atoms with Gasteiger partial charge in [0.25, 0.3) is 0 Å². The third-order valence-electron chi connectivity index (χ3n) is 4.05. The fraction of sp³-hybridized carbons (Fsp3) is 0.533. The van der Waals surface area contributed by atoms with Crippen LogP contribution in [-0.2, 0) is 14.8 Å². The van der Waals surface area contributed by atoms with Gasteiger partial charge in [-0.15, -0.1) is 0 Å². The van der Waals surface area contributed by atoms with Gasteiger partial charge in [0.1, 0.15) is 6.54 Å². The van der Waals surface area contributed by atoms with Gasteiger partial charge < -0.3 is 9.80 Å². The number of benzene rings is 1. The molecule has 1 amide bonds. The molecule has 1 saturated heterocycles. The van der Waals surface area contributed by atoms with E-state index in [0.29, 0.717) is 13.1 Å². The molecular weight excluding hydrogens is 373 g/mol. The summed E-state index contributed by atoms with van der Waals surface area (Å²) in [6.45, 7) is 5.49. The smallest absolute Gasteiger partial charge is 0.243 e. The van der Waals surface area contributed by atoms with Crippen LogP contribution in [0.25, 0.3) is 0 Å². The average Bonchev–Trinajstić information content (AvgIpc) is 2.54. The molecular formula is C15H21Cl2N3O3S. The lowest BCUT2D eigenvalue weighted by Gasteiger charge is -2.35. The van der Waals surface area contributed by atoms with Crippen molar-refractivity contribution in [2.45, 2.75) is 6.92 Å². The molecule has 6 nitrogen and oxygen atoms in total. The van der Waals surface area contributed by atoms with E-state index in [1.54, 1.807) is 17.0 Å². The Morgan fingerprint density at radius 3 is 2.38 bits per heavy atom. The largest absolute Gasteiger partial charge is 0.339 e. The molecule has 0 aliphatic carbocycles. The van der Waals surface area contributed by atoms with Crippen molar-refractivity contribution in [3.63, 3.8) is 0 Å². The molecule has 0 atom stereocenters. The van der Waals surface area contributed by atoms with E-state index in [4.69, 9.17) is 23.2 Å². The number of carbonyl (C=O) groups is 1. The molecule has 9 heteroatoms. The Hall–Kier alpha value is -1.02. The van der Waals surface area contributed by atoms with E-state index >= 15 is 0 Å². The zero-order chi connectivity index (χ0) is 17.9. The Morgan fingerprint density at radius 1 is 1.21 bits per heavy atom. The summed E-state index contributed by atoms with van der Waals surface area (Å²) in [6.07, 6.45) is 1.05. The van der Waals surface area contributed by atoms with Crippen LogP contribution in [0.15, 0.2) is 18.2 Å². The Morgan fingerprint density at radius 2 is 1.83 bits per heavy atom. The molecule has 1 aromatic carbocycles. The molecule has 0 aromatic heterocycles. The monoisotopic (exact) mass is 393 g/mol. The molecule has 0 bridgehead atoms.